The molecule has 132 valence electrons. The molecule has 0 aromatic heterocycles. The van der Waals surface area contributed by atoms with E-state index in [1.54, 1.807) is 30.3 Å². The highest BCUT2D eigenvalue weighted by Crippen LogP contribution is 2.25. The van der Waals surface area contributed by atoms with Crippen molar-refractivity contribution in [3.63, 3.8) is 0 Å². The summed E-state index contributed by atoms with van der Waals surface area (Å²) in [5.41, 5.74) is -0.846. The monoisotopic (exact) mass is 344 g/mol. The number of nitrogens with one attached hydrogen (secondary N) is 1. The van der Waals surface area contributed by atoms with Gasteiger partial charge in [0.25, 0.3) is 0 Å². The van der Waals surface area contributed by atoms with Crippen molar-refractivity contribution in [3.8, 4) is 0 Å². The molecule has 2 amide bonds. The van der Waals surface area contributed by atoms with Gasteiger partial charge in [-0.15, -0.1) is 0 Å². The second-order valence-electron chi connectivity index (χ2n) is 6.17. The van der Waals surface area contributed by atoms with Gasteiger partial charge in [0.05, 0.1) is 18.1 Å². The summed E-state index contributed by atoms with van der Waals surface area (Å²) in [5, 5.41) is 12.9. The molecule has 0 spiro atoms. The highest BCUT2D eigenvalue weighted by atomic mass is 19.4. The van der Waals surface area contributed by atoms with Gasteiger partial charge in [-0.05, 0) is 12.5 Å². The fraction of sp³-hybridized carbons (Fsp3) is 0.500. The SMILES string of the molecule is CC(O)(CC(=O)NC1CC(=O)N(CC(F)(F)F)C1)c1ccccc1. The maximum atomic E-state index is 12.4. The lowest BCUT2D eigenvalue weighted by atomic mass is 9.92. The number of hydrogen-bond acceptors (Lipinski definition) is 3. The second-order valence-corrected chi connectivity index (χ2v) is 6.17. The Kier molecular flexibility index (Phi) is 5.17. The van der Waals surface area contributed by atoms with Crippen LogP contribution in [0.3, 0.4) is 0 Å². The van der Waals surface area contributed by atoms with E-state index in [4.69, 9.17) is 0 Å². The van der Waals surface area contributed by atoms with Crippen LogP contribution in [0.5, 0.6) is 0 Å². The summed E-state index contributed by atoms with van der Waals surface area (Å²) < 4.78 is 37.1. The topological polar surface area (TPSA) is 69.6 Å². The van der Waals surface area contributed by atoms with Gasteiger partial charge in [-0.3, -0.25) is 9.59 Å². The fourth-order valence-electron chi connectivity index (χ4n) is 2.73. The minimum Gasteiger partial charge on any atom is -0.385 e. The Labute approximate surface area is 137 Å². The Balaban J connectivity index is 1.90. The van der Waals surface area contributed by atoms with Crippen molar-refractivity contribution in [2.24, 2.45) is 0 Å². The number of carbonyl (C=O) groups excluding carboxylic acids is 2. The molecule has 0 bridgehead atoms. The van der Waals surface area contributed by atoms with E-state index >= 15 is 0 Å². The van der Waals surface area contributed by atoms with E-state index in [2.05, 4.69) is 5.32 Å². The fourth-order valence-corrected chi connectivity index (χ4v) is 2.73. The Bertz CT molecular complexity index is 602. The Morgan fingerprint density at radius 1 is 1.33 bits per heavy atom. The molecule has 1 fully saturated rings. The minimum atomic E-state index is -4.47. The van der Waals surface area contributed by atoms with E-state index in [9.17, 15) is 27.9 Å². The number of amides is 2. The molecule has 2 unspecified atom stereocenters. The Morgan fingerprint density at radius 3 is 2.54 bits per heavy atom. The number of alkyl halides is 3. The number of benzene rings is 1. The molecule has 1 aromatic carbocycles. The van der Waals surface area contributed by atoms with Crippen molar-refractivity contribution >= 4 is 11.8 Å². The zero-order valence-electron chi connectivity index (χ0n) is 13.1. The lowest BCUT2D eigenvalue weighted by Crippen LogP contribution is -2.41. The number of rotatable bonds is 5. The molecule has 1 aliphatic rings. The molecule has 0 saturated carbocycles. The van der Waals surface area contributed by atoms with Gasteiger partial charge < -0.3 is 15.3 Å². The Hall–Kier alpha value is -2.09. The average molecular weight is 344 g/mol. The molecule has 8 heteroatoms. The molecule has 2 atom stereocenters. The van der Waals surface area contributed by atoms with Crippen LogP contribution in [0, 0.1) is 0 Å². The van der Waals surface area contributed by atoms with Gasteiger partial charge in [0.2, 0.25) is 11.8 Å². The van der Waals surface area contributed by atoms with E-state index in [0.717, 1.165) is 0 Å². The van der Waals surface area contributed by atoms with Gasteiger partial charge in [-0.1, -0.05) is 30.3 Å². The molecule has 2 N–H and O–H groups in total. The molecule has 0 radical (unpaired) electrons. The molecular formula is C16H19F3N2O3. The standard InChI is InChI=1S/C16H19F3N2O3/c1-15(24,11-5-3-2-4-6-11)8-13(22)20-12-7-14(23)21(9-12)10-16(17,18)19/h2-6,12,24H,7-10H2,1H3,(H,20,22). The normalized spacial score (nSPS) is 20.8. The largest absolute Gasteiger partial charge is 0.406 e. The molecule has 24 heavy (non-hydrogen) atoms. The van der Waals surface area contributed by atoms with E-state index in [0.29, 0.717) is 10.5 Å². The number of halogens is 3. The first-order chi connectivity index (χ1) is 11.1. The first kappa shape index (κ1) is 18.3. The van der Waals surface area contributed by atoms with Gasteiger partial charge in [0.15, 0.2) is 0 Å². The van der Waals surface area contributed by atoms with Gasteiger partial charge in [-0.25, -0.2) is 0 Å². The molecule has 1 aliphatic heterocycles. The van der Waals surface area contributed by atoms with Crippen LogP contribution in [0.25, 0.3) is 0 Å². The average Bonchev–Trinajstić information content (AvgIpc) is 2.76. The number of hydrogen-bond donors (Lipinski definition) is 2. The summed E-state index contributed by atoms with van der Waals surface area (Å²) in [6.45, 7) is -0.0187. The van der Waals surface area contributed by atoms with Crippen molar-refractivity contribution < 1.29 is 27.9 Å². The van der Waals surface area contributed by atoms with Crippen molar-refractivity contribution in [2.75, 3.05) is 13.1 Å². The molecule has 0 aliphatic carbocycles. The van der Waals surface area contributed by atoms with Crippen LogP contribution in [-0.2, 0) is 15.2 Å². The molecular weight excluding hydrogens is 325 g/mol. The first-order valence-electron chi connectivity index (χ1n) is 7.48. The summed E-state index contributed by atoms with van der Waals surface area (Å²) in [6, 6.07) is 7.91. The van der Waals surface area contributed by atoms with Crippen LogP contribution in [0.1, 0.15) is 25.3 Å². The lowest BCUT2D eigenvalue weighted by molar-refractivity contribution is -0.157. The highest BCUT2D eigenvalue weighted by molar-refractivity contribution is 5.82. The zero-order chi connectivity index (χ0) is 18.0. The number of likely N-dealkylation sites (tertiary alicyclic amines) is 1. The second kappa shape index (κ2) is 6.80. The smallest absolute Gasteiger partial charge is 0.385 e. The van der Waals surface area contributed by atoms with Gasteiger partial charge in [0, 0.05) is 13.0 Å². The van der Waals surface area contributed by atoms with E-state index in [-0.39, 0.29) is 19.4 Å². The predicted molar refractivity (Wildman–Crippen MR) is 79.8 cm³/mol. The van der Waals surface area contributed by atoms with E-state index < -0.39 is 36.2 Å². The Morgan fingerprint density at radius 2 is 1.96 bits per heavy atom. The van der Waals surface area contributed by atoms with Crippen LogP contribution < -0.4 is 5.32 Å². The van der Waals surface area contributed by atoms with Crippen molar-refractivity contribution in [1.29, 1.82) is 0 Å². The summed E-state index contributed by atoms with van der Waals surface area (Å²) >= 11 is 0. The molecule has 1 heterocycles. The van der Waals surface area contributed by atoms with E-state index in [1.165, 1.54) is 6.92 Å². The predicted octanol–water partition coefficient (Wildman–Crippen LogP) is 1.56. The van der Waals surface area contributed by atoms with Crippen molar-refractivity contribution in [1.82, 2.24) is 10.2 Å². The van der Waals surface area contributed by atoms with Crippen molar-refractivity contribution in [3.05, 3.63) is 35.9 Å². The van der Waals surface area contributed by atoms with Crippen LogP contribution >= 0.6 is 0 Å². The maximum absolute atomic E-state index is 12.4. The van der Waals surface area contributed by atoms with Crippen LogP contribution in [-0.4, -0.2) is 47.1 Å². The maximum Gasteiger partial charge on any atom is 0.406 e. The molecule has 1 saturated heterocycles. The third-order valence-corrected chi connectivity index (χ3v) is 3.85. The summed E-state index contributed by atoms with van der Waals surface area (Å²) in [6.07, 6.45) is -4.89. The third kappa shape index (κ3) is 4.95. The quantitative estimate of drug-likeness (QED) is 0.852. The van der Waals surface area contributed by atoms with Crippen LogP contribution in [0.2, 0.25) is 0 Å². The summed E-state index contributed by atoms with van der Waals surface area (Å²) in [7, 11) is 0. The van der Waals surface area contributed by atoms with Crippen LogP contribution in [0.15, 0.2) is 30.3 Å². The minimum absolute atomic E-state index is 0.171. The van der Waals surface area contributed by atoms with Gasteiger partial charge in [-0.2, -0.15) is 13.2 Å². The zero-order valence-corrected chi connectivity index (χ0v) is 13.1. The molecule has 1 aromatic rings. The highest BCUT2D eigenvalue weighted by Gasteiger charge is 2.39. The molecule has 2 rings (SSSR count). The van der Waals surface area contributed by atoms with Gasteiger partial charge in [0.1, 0.15) is 6.54 Å². The van der Waals surface area contributed by atoms with E-state index in [1.807, 2.05) is 0 Å². The van der Waals surface area contributed by atoms with Crippen molar-refractivity contribution in [2.45, 2.75) is 37.6 Å². The molecule has 5 nitrogen and oxygen atoms in total. The first-order valence-corrected chi connectivity index (χ1v) is 7.48. The van der Waals surface area contributed by atoms with Gasteiger partial charge >= 0.3 is 6.18 Å². The van der Waals surface area contributed by atoms with Crippen LogP contribution in [0.4, 0.5) is 13.2 Å². The third-order valence-electron chi connectivity index (χ3n) is 3.85. The number of aliphatic hydroxyl groups is 1. The summed E-state index contributed by atoms with van der Waals surface area (Å²) in [4.78, 5) is 24.3. The lowest BCUT2D eigenvalue weighted by Gasteiger charge is -2.24. The summed E-state index contributed by atoms with van der Waals surface area (Å²) in [5.74, 6) is -1.16. The number of nitrogens with zero attached hydrogens (tertiary/aromatic N) is 1. The number of carbonyl (C=O) groups is 2.